The SMILES string of the molecule is Cc1nc(Cl)cc(NCc2ccc(O)c(F)c2)n1. The maximum atomic E-state index is 13.1. The Labute approximate surface area is 108 Å². The van der Waals surface area contributed by atoms with Crippen molar-refractivity contribution in [3.05, 3.63) is 46.6 Å². The number of phenolic OH excluding ortho intramolecular Hbond substituents is 1. The van der Waals surface area contributed by atoms with Gasteiger partial charge < -0.3 is 10.4 Å². The number of aromatic hydroxyl groups is 1. The summed E-state index contributed by atoms with van der Waals surface area (Å²) in [7, 11) is 0. The molecule has 1 aromatic heterocycles. The van der Waals surface area contributed by atoms with Crippen LogP contribution in [0.1, 0.15) is 11.4 Å². The minimum absolute atomic E-state index is 0.349. The summed E-state index contributed by atoms with van der Waals surface area (Å²) >= 11 is 5.79. The molecule has 94 valence electrons. The molecule has 0 saturated heterocycles. The van der Waals surface area contributed by atoms with Crippen molar-refractivity contribution in [3.8, 4) is 5.75 Å². The summed E-state index contributed by atoms with van der Waals surface area (Å²) in [6, 6.07) is 5.79. The second kappa shape index (κ2) is 5.18. The molecule has 0 saturated carbocycles. The summed E-state index contributed by atoms with van der Waals surface area (Å²) in [5.41, 5.74) is 0.692. The lowest BCUT2D eigenvalue weighted by atomic mass is 10.2. The predicted octanol–water partition coefficient (Wildman–Crippen LogP) is 2.90. The highest BCUT2D eigenvalue weighted by atomic mass is 35.5. The number of benzene rings is 1. The monoisotopic (exact) mass is 267 g/mol. The van der Waals surface area contributed by atoms with E-state index in [1.54, 1.807) is 19.1 Å². The van der Waals surface area contributed by atoms with Gasteiger partial charge in [-0.2, -0.15) is 0 Å². The zero-order valence-corrected chi connectivity index (χ0v) is 10.4. The standard InChI is InChI=1S/C12H11ClFN3O/c1-7-16-11(13)5-12(17-7)15-6-8-2-3-10(18)9(14)4-8/h2-5,18H,6H2,1H3,(H,15,16,17). The summed E-state index contributed by atoms with van der Waals surface area (Å²) < 4.78 is 13.1. The third kappa shape index (κ3) is 3.07. The van der Waals surface area contributed by atoms with Crippen molar-refractivity contribution in [2.24, 2.45) is 0 Å². The number of anilines is 1. The average Bonchev–Trinajstić information content (AvgIpc) is 2.29. The van der Waals surface area contributed by atoms with Gasteiger partial charge >= 0.3 is 0 Å². The quantitative estimate of drug-likeness (QED) is 0.840. The average molecular weight is 268 g/mol. The van der Waals surface area contributed by atoms with Crippen LogP contribution in [0.15, 0.2) is 24.3 Å². The molecule has 0 fully saturated rings. The van der Waals surface area contributed by atoms with E-state index in [-0.39, 0.29) is 5.75 Å². The molecule has 0 bridgehead atoms. The number of halogens is 2. The third-order valence-corrected chi connectivity index (χ3v) is 2.49. The molecule has 2 N–H and O–H groups in total. The van der Waals surface area contributed by atoms with Gasteiger partial charge in [0.25, 0.3) is 0 Å². The van der Waals surface area contributed by atoms with Crippen molar-refractivity contribution < 1.29 is 9.50 Å². The molecule has 0 unspecified atom stereocenters. The fourth-order valence-corrected chi connectivity index (χ4v) is 1.70. The van der Waals surface area contributed by atoms with Crippen LogP contribution in [0, 0.1) is 12.7 Å². The van der Waals surface area contributed by atoms with Gasteiger partial charge in [-0.05, 0) is 24.6 Å². The van der Waals surface area contributed by atoms with Gasteiger partial charge in [-0.15, -0.1) is 0 Å². The van der Waals surface area contributed by atoms with Gasteiger partial charge in [0.05, 0.1) is 0 Å². The van der Waals surface area contributed by atoms with Crippen LogP contribution in [0.5, 0.6) is 5.75 Å². The highest BCUT2D eigenvalue weighted by Gasteiger charge is 2.03. The van der Waals surface area contributed by atoms with Gasteiger partial charge in [0.1, 0.15) is 16.8 Å². The van der Waals surface area contributed by atoms with Crippen LogP contribution < -0.4 is 5.32 Å². The Hall–Kier alpha value is -1.88. The smallest absolute Gasteiger partial charge is 0.165 e. The number of phenols is 1. The van der Waals surface area contributed by atoms with Crippen LogP contribution in [0.3, 0.4) is 0 Å². The Kier molecular flexibility index (Phi) is 3.62. The molecule has 0 amide bonds. The molecule has 2 aromatic rings. The molecule has 18 heavy (non-hydrogen) atoms. The van der Waals surface area contributed by atoms with Gasteiger partial charge in [0.15, 0.2) is 11.6 Å². The summed E-state index contributed by atoms with van der Waals surface area (Å²) in [5, 5.41) is 12.4. The Bertz CT molecular complexity index is 557. The topological polar surface area (TPSA) is 58.0 Å². The number of hydrogen-bond acceptors (Lipinski definition) is 4. The molecule has 1 heterocycles. The second-order valence-corrected chi connectivity index (χ2v) is 4.15. The van der Waals surface area contributed by atoms with Crippen molar-refractivity contribution in [3.63, 3.8) is 0 Å². The van der Waals surface area contributed by atoms with Gasteiger partial charge in [-0.25, -0.2) is 14.4 Å². The van der Waals surface area contributed by atoms with E-state index in [1.165, 1.54) is 12.1 Å². The fourth-order valence-electron chi connectivity index (χ4n) is 1.47. The van der Waals surface area contributed by atoms with Crippen LogP contribution >= 0.6 is 11.6 Å². The number of rotatable bonds is 3. The van der Waals surface area contributed by atoms with E-state index in [9.17, 15) is 4.39 Å². The molecule has 6 heteroatoms. The lowest BCUT2D eigenvalue weighted by Crippen LogP contribution is -2.03. The summed E-state index contributed by atoms with van der Waals surface area (Å²) in [5.74, 6) is 0.119. The first-order valence-corrected chi connectivity index (χ1v) is 5.65. The largest absolute Gasteiger partial charge is 0.505 e. The molecule has 0 aliphatic carbocycles. The fraction of sp³-hybridized carbons (Fsp3) is 0.167. The second-order valence-electron chi connectivity index (χ2n) is 3.76. The minimum atomic E-state index is -0.647. The van der Waals surface area contributed by atoms with E-state index in [0.717, 1.165) is 0 Å². The molecule has 4 nitrogen and oxygen atoms in total. The Balaban J connectivity index is 2.08. The van der Waals surface area contributed by atoms with Crippen LogP contribution in [0.4, 0.5) is 10.2 Å². The van der Waals surface area contributed by atoms with Crippen LogP contribution in [0.2, 0.25) is 5.15 Å². The summed E-state index contributed by atoms with van der Waals surface area (Å²) in [6.07, 6.45) is 0. The van der Waals surface area contributed by atoms with Crippen molar-refractivity contribution >= 4 is 17.4 Å². The van der Waals surface area contributed by atoms with Gasteiger partial charge in [0, 0.05) is 12.6 Å². The highest BCUT2D eigenvalue weighted by molar-refractivity contribution is 6.29. The van der Waals surface area contributed by atoms with Gasteiger partial charge in [-0.3, -0.25) is 0 Å². The van der Waals surface area contributed by atoms with E-state index in [4.69, 9.17) is 16.7 Å². The number of nitrogens with one attached hydrogen (secondary N) is 1. The van der Waals surface area contributed by atoms with E-state index in [1.807, 2.05) is 0 Å². The first kappa shape index (κ1) is 12.6. The number of aromatic nitrogens is 2. The maximum absolute atomic E-state index is 13.1. The lowest BCUT2D eigenvalue weighted by Gasteiger charge is -2.07. The lowest BCUT2D eigenvalue weighted by molar-refractivity contribution is 0.432. The van der Waals surface area contributed by atoms with Crippen LogP contribution in [0.25, 0.3) is 0 Å². The molecule has 0 aliphatic heterocycles. The first-order valence-electron chi connectivity index (χ1n) is 5.27. The summed E-state index contributed by atoms with van der Waals surface area (Å²) in [4.78, 5) is 8.08. The molecule has 0 radical (unpaired) electrons. The minimum Gasteiger partial charge on any atom is -0.505 e. The first-order chi connectivity index (χ1) is 8.54. The Morgan fingerprint density at radius 1 is 1.33 bits per heavy atom. The zero-order valence-electron chi connectivity index (χ0n) is 9.61. The van der Waals surface area contributed by atoms with Crippen LogP contribution in [-0.4, -0.2) is 15.1 Å². The molecular weight excluding hydrogens is 257 g/mol. The van der Waals surface area contributed by atoms with E-state index < -0.39 is 5.82 Å². The van der Waals surface area contributed by atoms with Crippen molar-refractivity contribution in [1.82, 2.24) is 9.97 Å². The molecule has 0 atom stereocenters. The number of nitrogens with zero attached hydrogens (tertiary/aromatic N) is 2. The molecule has 2 rings (SSSR count). The number of aryl methyl sites for hydroxylation is 1. The molecular formula is C12H11ClFN3O. The molecule has 0 spiro atoms. The molecule has 0 aliphatic rings. The third-order valence-electron chi connectivity index (χ3n) is 2.29. The predicted molar refractivity (Wildman–Crippen MR) is 67.2 cm³/mol. The van der Waals surface area contributed by atoms with E-state index in [2.05, 4.69) is 15.3 Å². The van der Waals surface area contributed by atoms with Gasteiger partial charge in [-0.1, -0.05) is 17.7 Å². The Morgan fingerprint density at radius 2 is 2.11 bits per heavy atom. The van der Waals surface area contributed by atoms with Crippen molar-refractivity contribution in [2.75, 3.05) is 5.32 Å². The summed E-state index contributed by atoms with van der Waals surface area (Å²) in [6.45, 7) is 2.11. The normalized spacial score (nSPS) is 10.4. The maximum Gasteiger partial charge on any atom is 0.165 e. The van der Waals surface area contributed by atoms with Crippen LogP contribution in [-0.2, 0) is 6.54 Å². The van der Waals surface area contributed by atoms with E-state index >= 15 is 0 Å². The highest BCUT2D eigenvalue weighted by Crippen LogP contribution is 2.17. The van der Waals surface area contributed by atoms with Gasteiger partial charge in [0.2, 0.25) is 0 Å². The van der Waals surface area contributed by atoms with E-state index in [0.29, 0.717) is 28.9 Å². The molecule has 1 aromatic carbocycles. The van der Waals surface area contributed by atoms with Crippen molar-refractivity contribution in [2.45, 2.75) is 13.5 Å². The number of hydrogen-bond donors (Lipinski definition) is 2. The zero-order chi connectivity index (χ0) is 13.1. The Morgan fingerprint density at radius 3 is 2.78 bits per heavy atom. The van der Waals surface area contributed by atoms with Crippen molar-refractivity contribution in [1.29, 1.82) is 0 Å².